The van der Waals surface area contributed by atoms with Gasteiger partial charge in [0, 0.05) is 23.5 Å². The number of nitrogens with one attached hydrogen (secondary N) is 1. The smallest absolute Gasteiger partial charge is 0.264 e. The van der Waals surface area contributed by atoms with E-state index in [-0.39, 0.29) is 29.8 Å². The Bertz CT molecular complexity index is 1700. The number of halogens is 1. The monoisotopic (exact) mass is 691 g/mol. The number of benzene rings is 4. The van der Waals surface area contributed by atoms with Crippen LogP contribution in [0.3, 0.4) is 0 Å². The highest BCUT2D eigenvalue weighted by atomic mass is 79.9. The van der Waals surface area contributed by atoms with Crippen molar-refractivity contribution in [1.82, 2.24) is 10.2 Å². The van der Waals surface area contributed by atoms with E-state index >= 15 is 0 Å². The molecule has 0 heterocycles. The number of sulfonamides is 1. The summed E-state index contributed by atoms with van der Waals surface area (Å²) in [4.78, 5) is 29.8. The van der Waals surface area contributed by atoms with Crippen molar-refractivity contribution in [3.05, 3.63) is 124 Å². The number of hydrogen-bond acceptors (Lipinski definition) is 5. The van der Waals surface area contributed by atoms with E-state index < -0.39 is 28.5 Å². The van der Waals surface area contributed by atoms with Crippen LogP contribution in [0, 0.1) is 6.92 Å². The molecule has 1 atom stereocenters. The van der Waals surface area contributed by atoms with Gasteiger partial charge in [0.25, 0.3) is 10.0 Å². The molecule has 0 radical (unpaired) electrons. The van der Waals surface area contributed by atoms with Gasteiger partial charge in [-0.3, -0.25) is 13.9 Å². The number of nitrogens with zero attached hydrogens (tertiary/aromatic N) is 2. The van der Waals surface area contributed by atoms with Gasteiger partial charge in [-0.1, -0.05) is 76.1 Å². The lowest BCUT2D eigenvalue weighted by molar-refractivity contribution is -0.140. The molecule has 4 rings (SSSR count). The zero-order chi connectivity index (χ0) is 32.6. The van der Waals surface area contributed by atoms with E-state index in [4.69, 9.17) is 4.74 Å². The minimum atomic E-state index is -4.20. The van der Waals surface area contributed by atoms with Crippen molar-refractivity contribution < 1.29 is 22.7 Å². The lowest BCUT2D eigenvalue weighted by Gasteiger charge is -2.34. The first kappa shape index (κ1) is 33.7. The number of anilines is 1. The summed E-state index contributed by atoms with van der Waals surface area (Å²) in [6, 6.07) is 28.8. The van der Waals surface area contributed by atoms with Crippen molar-refractivity contribution >= 4 is 43.5 Å². The maximum Gasteiger partial charge on any atom is 0.264 e. The van der Waals surface area contributed by atoms with Gasteiger partial charge in [-0.15, -0.1) is 0 Å². The maximum atomic E-state index is 14.5. The third kappa shape index (κ3) is 8.95. The van der Waals surface area contributed by atoms with Crippen LogP contribution in [0.15, 0.2) is 112 Å². The molecule has 4 aromatic rings. The van der Waals surface area contributed by atoms with Gasteiger partial charge < -0.3 is 15.0 Å². The number of carbonyl (C=O) groups is 2. The maximum absolute atomic E-state index is 14.5. The molecule has 0 bridgehead atoms. The van der Waals surface area contributed by atoms with Gasteiger partial charge in [-0.2, -0.15) is 0 Å². The molecule has 0 spiro atoms. The first-order valence-electron chi connectivity index (χ1n) is 14.6. The zero-order valence-electron chi connectivity index (χ0n) is 25.8. The van der Waals surface area contributed by atoms with Crippen molar-refractivity contribution in [2.45, 2.75) is 50.7 Å². The van der Waals surface area contributed by atoms with Crippen LogP contribution < -0.4 is 14.4 Å². The number of carbonyl (C=O) groups excluding carboxylic acids is 2. The summed E-state index contributed by atoms with van der Waals surface area (Å²) in [7, 11) is -2.70. The number of ether oxygens (including phenoxy) is 1. The van der Waals surface area contributed by atoms with E-state index in [2.05, 4.69) is 21.2 Å². The lowest BCUT2D eigenvalue weighted by atomic mass is 10.0. The summed E-state index contributed by atoms with van der Waals surface area (Å²) in [5, 5.41) is 2.97. The summed E-state index contributed by atoms with van der Waals surface area (Å²) in [5.74, 6) is -0.336. The largest absolute Gasteiger partial charge is 0.497 e. The van der Waals surface area contributed by atoms with Gasteiger partial charge in [0.1, 0.15) is 18.3 Å². The molecule has 0 saturated heterocycles. The van der Waals surface area contributed by atoms with Gasteiger partial charge in [0.15, 0.2) is 0 Å². The SMILES string of the molecule is COc1ccc(S(=O)(=O)N(CC(=O)N(Cc2cccc(Br)c2)C(Cc2ccccc2)C(=O)NC(C)C)c2ccc(C)cc2)cc1. The quantitative estimate of drug-likeness (QED) is 0.182. The summed E-state index contributed by atoms with van der Waals surface area (Å²) in [6.07, 6.45) is 0.245. The fourth-order valence-corrected chi connectivity index (χ4v) is 6.74. The van der Waals surface area contributed by atoms with E-state index in [1.165, 1.54) is 24.1 Å². The van der Waals surface area contributed by atoms with Crippen molar-refractivity contribution in [2.24, 2.45) is 0 Å². The van der Waals surface area contributed by atoms with Crippen LogP contribution in [0.1, 0.15) is 30.5 Å². The molecule has 0 aliphatic heterocycles. The third-order valence-electron chi connectivity index (χ3n) is 7.19. The van der Waals surface area contributed by atoms with E-state index in [1.54, 1.807) is 36.4 Å². The van der Waals surface area contributed by atoms with E-state index in [0.29, 0.717) is 11.4 Å². The number of aryl methyl sites for hydroxylation is 1. The van der Waals surface area contributed by atoms with Crippen LogP contribution >= 0.6 is 15.9 Å². The predicted molar refractivity (Wildman–Crippen MR) is 181 cm³/mol. The van der Waals surface area contributed by atoms with Crippen LogP contribution in [0.5, 0.6) is 5.75 Å². The Hall–Kier alpha value is -4.15. The first-order valence-corrected chi connectivity index (χ1v) is 16.8. The van der Waals surface area contributed by atoms with Crippen LogP contribution in [-0.2, 0) is 32.6 Å². The molecule has 1 N–H and O–H groups in total. The topological polar surface area (TPSA) is 96.0 Å². The normalized spacial score (nSPS) is 12.0. The Labute approximate surface area is 274 Å². The van der Waals surface area contributed by atoms with E-state index in [1.807, 2.05) is 75.4 Å². The zero-order valence-corrected chi connectivity index (χ0v) is 28.2. The van der Waals surface area contributed by atoms with E-state index in [9.17, 15) is 18.0 Å². The highest BCUT2D eigenvalue weighted by Crippen LogP contribution is 2.27. The lowest BCUT2D eigenvalue weighted by Crippen LogP contribution is -2.54. The van der Waals surface area contributed by atoms with Crippen molar-refractivity contribution in [1.29, 1.82) is 0 Å². The Kier molecular flexibility index (Phi) is 11.4. The Morgan fingerprint density at radius 1 is 0.867 bits per heavy atom. The number of amides is 2. The van der Waals surface area contributed by atoms with Gasteiger partial charge >= 0.3 is 0 Å². The third-order valence-corrected chi connectivity index (χ3v) is 9.47. The summed E-state index contributed by atoms with van der Waals surface area (Å²) >= 11 is 3.50. The summed E-state index contributed by atoms with van der Waals surface area (Å²) in [6.45, 7) is 5.19. The van der Waals surface area contributed by atoms with E-state index in [0.717, 1.165) is 25.5 Å². The van der Waals surface area contributed by atoms with Crippen molar-refractivity contribution in [3.8, 4) is 5.75 Å². The average molecular weight is 693 g/mol. The molecule has 10 heteroatoms. The Balaban J connectivity index is 1.80. The molecule has 236 valence electrons. The van der Waals surface area contributed by atoms with Gasteiger partial charge in [0.05, 0.1) is 17.7 Å². The molecule has 4 aromatic carbocycles. The van der Waals surface area contributed by atoms with Crippen LogP contribution in [0.25, 0.3) is 0 Å². The van der Waals surface area contributed by atoms with Crippen LogP contribution in [-0.4, -0.2) is 50.9 Å². The van der Waals surface area contributed by atoms with Crippen molar-refractivity contribution in [2.75, 3.05) is 18.0 Å². The minimum Gasteiger partial charge on any atom is -0.497 e. The second-order valence-electron chi connectivity index (χ2n) is 11.0. The second kappa shape index (κ2) is 15.2. The van der Waals surface area contributed by atoms with Gasteiger partial charge in [-0.25, -0.2) is 8.42 Å². The summed E-state index contributed by atoms with van der Waals surface area (Å²) in [5.41, 5.74) is 2.93. The molecule has 0 aromatic heterocycles. The van der Waals surface area contributed by atoms with Crippen LogP contribution in [0.4, 0.5) is 5.69 Å². The molecule has 0 aliphatic carbocycles. The molecule has 2 amide bonds. The molecular weight excluding hydrogens is 654 g/mol. The number of hydrogen-bond donors (Lipinski definition) is 1. The summed E-state index contributed by atoms with van der Waals surface area (Å²) < 4.78 is 35.4. The molecule has 1 unspecified atom stereocenters. The number of methoxy groups -OCH3 is 1. The average Bonchev–Trinajstić information content (AvgIpc) is 3.02. The molecule has 8 nitrogen and oxygen atoms in total. The van der Waals surface area contributed by atoms with Gasteiger partial charge in [0.2, 0.25) is 11.8 Å². The molecule has 0 fully saturated rings. The van der Waals surface area contributed by atoms with Crippen LogP contribution in [0.2, 0.25) is 0 Å². The minimum absolute atomic E-state index is 0.00796. The Morgan fingerprint density at radius 3 is 2.11 bits per heavy atom. The van der Waals surface area contributed by atoms with Gasteiger partial charge in [-0.05, 0) is 80.4 Å². The number of rotatable bonds is 13. The first-order chi connectivity index (χ1) is 21.5. The predicted octanol–water partition coefficient (Wildman–Crippen LogP) is 6.13. The molecule has 45 heavy (non-hydrogen) atoms. The standard InChI is InChI=1S/C35H38BrN3O5S/c1-25(2)37-35(41)33(22-27-9-6-5-7-10-27)38(23-28-11-8-12-29(36)21-28)34(40)24-39(30-15-13-26(3)14-16-30)45(42,43)32-19-17-31(44-4)18-20-32/h5-21,25,33H,22-24H2,1-4H3,(H,37,41). The molecular formula is C35H38BrN3O5S. The molecule has 0 saturated carbocycles. The Morgan fingerprint density at radius 2 is 1.51 bits per heavy atom. The second-order valence-corrected chi connectivity index (χ2v) is 13.8. The highest BCUT2D eigenvalue weighted by molar-refractivity contribution is 9.10. The fraction of sp³-hybridized carbons (Fsp3) is 0.257. The van der Waals surface area contributed by atoms with Crippen molar-refractivity contribution in [3.63, 3.8) is 0 Å². The molecule has 0 aliphatic rings. The highest BCUT2D eigenvalue weighted by Gasteiger charge is 2.35. The fourth-order valence-electron chi connectivity index (χ4n) is 4.88.